The molecule has 2 aliphatic rings. The molecule has 0 radical (unpaired) electrons. The van der Waals surface area contributed by atoms with Crippen molar-refractivity contribution in [1.29, 1.82) is 0 Å². The third-order valence-electron chi connectivity index (χ3n) is 5.55. The normalized spacial score (nSPS) is 34.9. The summed E-state index contributed by atoms with van der Waals surface area (Å²) in [6.45, 7) is 3.30. The Balaban J connectivity index is 1.94. The van der Waals surface area contributed by atoms with Crippen LogP contribution in [0.1, 0.15) is 71.1 Å². The first-order valence-electron chi connectivity index (χ1n) is 7.51. The lowest BCUT2D eigenvalue weighted by Crippen LogP contribution is -2.41. The second kappa shape index (κ2) is 5.53. The molecule has 0 aromatic rings. The molecule has 0 saturated heterocycles. The lowest BCUT2D eigenvalue weighted by atomic mass is 9.60. The molecule has 0 amide bonds. The fraction of sp³-hybridized carbons (Fsp3) is 1.00. The number of rotatable bonds is 3. The van der Waals surface area contributed by atoms with E-state index in [1.54, 1.807) is 0 Å². The van der Waals surface area contributed by atoms with Gasteiger partial charge in [0.25, 0.3) is 0 Å². The summed E-state index contributed by atoms with van der Waals surface area (Å²) in [4.78, 5) is 0. The first kappa shape index (κ1) is 12.4. The molecule has 0 aromatic carbocycles. The van der Waals surface area contributed by atoms with E-state index in [0.717, 1.165) is 18.4 Å². The Bertz CT molecular complexity index is 197. The molecule has 0 bridgehead atoms. The maximum atomic E-state index is 6.14. The van der Waals surface area contributed by atoms with Crippen molar-refractivity contribution >= 4 is 0 Å². The first-order valence-corrected chi connectivity index (χ1v) is 7.51. The minimum atomic E-state index is 0.553. The molecule has 2 aliphatic carbocycles. The largest absolute Gasteiger partial charge is 0.330 e. The van der Waals surface area contributed by atoms with Crippen LogP contribution in [0.3, 0.4) is 0 Å². The van der Waals surface area contributed by atoms with E-state index in [2.05, 4.69) is 6.92 Å². The van der Waals surface area contributed by atoms with Crippen molar-refractivity contribution in [3.63, 3.8) is 0 Å². The van der Waals surface area contributed by atoms with Crippen LogP contribution in [0, 0.1) is 17.3 Å². The molecule has 0 atom stereocenters. The molecule has 16 heavy (non-hydrogen) atoms. The highest BCUT2D eigenvalue weighted by molar-refractivity contribution is 4.92. The monoisotopic (exact) mass is 223 g/mol. The van der Waals surface area contributed by atoms with Crippen LogP contribution in [-0.2, 0) is 0 Å². The van der Waals surface area contributed by atoms with E-state index < -0.39 is 0 Å². The van der Waals surface area contributed by atoms with Gasteiger partial charge in [-0.25, -0.2) is 0 Å². The average molecular weight is 223 g/mol. The van der Waals surface area contributed by atoms with Crippen molar-refractivity contribution in [3.05, 3.63) is 0 Å². The SMILES string of the molecule is CCC1CCC(C2(CN)CCCCC2)CC1. The highest BCUT2D eigenvalue weighted by atomic mass is 14.6. The molecule has 0 aromatic heterocycles. The molecule has 2 fully saturated rings. The van der Waals surface area contributed by atoms with Crippen LogP contribution in [-0.4, -0.2) is 6.54 Å². The van der Waals surface area contributed by atoms with Crippen molar-refractivity contribution in [3.8, 4) is 0 Å². The topological polar surface area (TPSA) is 26.0 Å². The predicted octanol–water partition coefficient (Wildman–Crippen LogP) is 4.11. The van der Waals surface area contributed by atoms with E-state index in [1.807, 2.05) is 0 Å². The summed E-state index contributed by atoms with van der Waals surface area (Å²) in [7, 11) is 0. The Morgan fingerprint density at radius 2 is 1.62 bits per heavy atom. The van der Waals surface area contributed by atoms with E-state index in [4.69, 9.17) is 5.73 Å². The standard InChI is InChI=1S/C15H29N/c1-2-13-6-8-14(9-7-13)15(12-16)10-4-3-5-11-15/h13-14H,2-12,16H2,1H3. The van der Waals surface area contributed by atoms with E-state index in [9.17, 15) is 0 Å². The quantitative estimate of drug-likeness (QED) is 0.765. The Kier molecular flexibility index (Phi) is 4.29. The van der Waals surface area contributed by atoms with Gasteiger partial charge in [0.15, 0.2) is 0 Å². The zero-order valence-electron chi connectivity index (χ0n) is 11.0. The van der Waals surface area contributed by atoms with Gasteiger partial charge in [0.2, 0.25) is 0 Å². The van der Waals surface area contributed by atoms with Crippen molar-refractivity contribution < 1.29 is 0 Å². The zero-order valence-corrected chi connectivity index (χ0v) is 11.0. The lowest BCUT2D eigenvalue weighted by Gasteiger charge is -2.46. The van der Waals surface area contributed by atoms with Gasteiger partial charge in [0.1, 0.15) is 0 Å². The van der Waals surface area contributed by atoms with Gasteiger partial charge in [-0.3, -0.25) is 0 Å². The van der Waals surface area contributed by atoms with Gasteiger partial charge in [-0.2, -0.15) is 0 Å². The Hall–Kier alpha value is -0.0400. The number of hydrogen-bond donors (Lipinski definition) is 1. The summed E-state index contributed by atoms with van der Waals surface area (Å²) in [5.74, 6) is 1.98. The Labute approximate surface area is 101 Å². The summed E-state index contributed by atoms with van der Waals surface area (Å²) in [5.41, 5.74) is 6.69. The van der Waals surface area contributed by atoms with Gasteiger partial charge >= 0.3 is 0 Å². The molecule has 0 aliphatic heterocycles. The molecule has 0 spiro atoms. The summed E-state index contributed by atoms with van der Waals surface area (Å²) < 4.78 is 0. The van der Waals surface area contributed by atoms with E-state index in [-0.39, 0.29) is 0 Å². The molecule has 2 rings (SSSR count). The lowest BCUT2D eigenvalue weighted by molar-refractivity contribution is 0.0627. The molecule has 0 heterocycles. The van der Waals surface area contributed by atoms with Crippen LogP contribution in [0.15, 0.2) is 0 Å². The fourth-order valence-corrected chi connectivity index (χ4v) is 4.22. The second-order valence-corrected chi connectivity index (χ2v) is 6.25. The Morgan fingerprint density at radius 1 is 1.00 bits per heavy atom. The van der Waals surface area contributed by atoms with Gasteiger partial charge in [-0.15, -0.1) is 0 Å². The molecular formula is C15H29N. The molecule has 2 saturated carbocycles. The van der Waals surface area contributed by atoms with E-state index in [0.29, 0.717) is 5.41 Å². The van der Waals surface area contributed by atoms with Crippen LogP contribution >= 0.6 is 0 Å². The maximum Gasteiger partial charge on any atom is -0.00179 e. The summed E-state index contributed by atoms with van der Waals surface area (Å²) >= 11 is 0. The molecule has 0 unspecified atom stereocenters. The van der Waals surface area contributed by atoms with E-state index >= 15 is 0 Å². The van der Waals surface area contributed by atoms with Crippen molar-refractivity contribution in [1.82, 2.24) is 0 Å². The third kappa shape index (κ3) is 2.45. The molecule has 1 heteroatoms. The van der Waals surface area contributed by atoms with Crippen LogP contribution in [0.5, 0.6) is 0 Å². The van der Waals surface area contributed by atoms with Crippen molar-refractivity contribution in [2.75, 3.05) is 6.54 Å². The third-order valence-corrected chi connectivity index (χ3v) is 5.55. The van der Waals surface area contributed by atoms with Crippen molar-refractivity contribution in [2.45, 2.75) is 71.1 Å². The van der Waals surface area contributed by atoms with Gasteiger partial charge in [0.05, 0.1) is 0 Å². The minimum Gasteiger partial charge on any atom is -0.330 e. The van der Waals surface area contributed by atoms with Crippen LogP contribution in [0.4, 0.5) is 0 Å². The van der Waals surface area contributed by atoms with Crippen LogP contribution < -0.4 is 5.73 Å². The summed E-state index contributed by atoms with van der Waals surface area (Å²) in [6.07, 6.45) is 14.4. The smallest absolute Gasteiger partial charge is 0.00179 e. The highest BCUT2D eigenvalue weighted by Gasteiger charge is 2.39. The minimum absolute atomic E-state index is 0.553. The summed E-state index contributed by atoms with van der Waals surface area (Å²) in [6, 6.07) is 0. The predicted molar refractivity (Wildman–Crippen MR) is 70.3 cm³/mol. The number of hydrogen-bond acceptors (Lipinski definition) is 1. The summed E-state index contributed by atoms with van der Waals surface area (Å²) in [5, 5.41) is 0. The maximum absolute atomic E-state index is 6.14. The zero-order chi connectivity index (χ0) is 11.4. The fourth-order valence-electron chi connectivity index (χ4n) is 4.22. The van der Waals surface area contributed by atoms with Gasteiger partial charge in [0, 0.05) is 0 Å². The molecule has 2 N–H and O–H groups in total. The first-order chi connectivity index (χ1) is 7.80. The van der Waals surface area contributed by atoms with Crippen LogP contribution in [0.25, 0.3) is 0 Å². The van der Waals surface area contributed by atoms with E-state index in [1.165, 1.54) is 64.2 Å². The molecule has 1 nitrogen and oxygen atoms in total. The average Bonchev–Trinajstić information content (AvgIpc) is 2.39. The molecular weight excluding hydrogens is 194 g/mol. The van der Waals surface area contributed by atoms with Gasteiger partial charge in [-0.1, -0.05) is 45.4 Å². The number of nitrogens with two attached hydrogens (primary N) is 1. The van der Waals surface area contributed by atoms with Crippen LogP contribution in [0.2, 0.25) is 0 Å². The Morgan fingerprint density at radius 3 is 2.12 bits per heavy atom. The van der Waals surface area contributed by atoms with Gasteiger partial charge < -0.3 is 5.73 Å². The van der Waals surface area contributed by atoms with Gasteiger partial charge in [-0.05, 0) is 49.5 Å². The second-order valence-electron chi connectivity index (χ2n) is 6.25. The molecule has 94 valence electrons. The van der Waals surface area contributed by atoms with Crippen molar-refractivity contribution in [2.24, 2.45) is 23.0 Å². The highest BCUT2D eigenvalue weighted by Crippen LogP contribution is 2.48.